The second-order valence-electron chi connectivity index (χ2n) is 8.31. The molecule has 1 aliphatic heterocycles. The maximum Gasteiger partial charge on any atom is 0.338 e. The summed E-state index contributed by atoms with van der Waals surface area (Å²) in [5.74, 6) is -0.562. The molecule has 1 N–H and O–H groups in total. The van der Waals surface area contributed by atoms with Gasteiger partial charge in [0.2, 0.25) is 0 Å². The molecule has 10 heteroatoms. The number of sulfone groups is 1. The van der Waals surface area contributed by atoms with Gasteiger partial charge in [0.1, 0.15) is 0 Å². The van der Waals surface area contributed by atoms with Crippen LogP contribution in [0.4, 0.5) is 0 Å². The van der Waals surface area contributed by atoms with Crippen LogP contribution >= 0.6 is 0 Å². The van der Waals surface area contributed by atoms with E-state index in [4.69, 9.17) is 14.6 Å². The van der Waals surface area contributed by atoms with Crippen LogP contribution in [-0.2, 0) is 38.7 Å². The number of esters is 1. The number of unbranched alkanes of at least 4 members (excludes halogenated alkanes) is 1. The van der Waals surface area contributed by atoms with Gasteiger partial charge >= 0.3 is 5.97 Å². The van der Waals surface area contributed by atoms with Gasteiger partial charge in [0.25, 0.3) is 5.91 Å². The summed E-state index contributed by atoms with van der Waals surface area (Å²) in [6.07, 6.45) is 5.49. The summed E-state index contributed by atoms with van der Waals surface area (Å²) in [5.41, 5.74) is 2.73. The first-order valence-corrected chi connectivity index (χ1v) is 13.6. The van der Waals surface area contributed by atoms with Crippen molar-refractivity contribution in [2.24, 2.45) is 0 Å². The maximum atomic E-state index is 12.8. The van der Waals surface area contributed by atoms with Crippen molar-refractivity contribution in [2.45, 2.75) is 56.9 Å². The molecule has 1 aromatic carbocycles. The van der Waals surface area contributed by atoms with Gasteiger partial charge < -0.3 is 14.8 Å². The molecule has 2 aromatic rings. The lowest BCUT2D eigenvalue weighted by Crippen LogP contribution is -2.26. The molecule has 3 rings (SSSR count). The minimum Gasteiger partial charge on any atom is -0.462 e. The minimum atomic E-state index is -3.31. The van der Waals surface area contributed by atoms with E-state index < -0.39 is 15.8 Å². The molecule has 0 bridgehead atoms. The Morgan fingerprint density at radius 2 is 1.91 bits per heavy atom. The number of amides is 1. The van der Waals surface area contributed by atoms with E-state index in [0.717, 1.165) is 36.9 Å². The smallest absolute Gasteiger partial charge is 0.338 e. The molecule has 2 heterocycles. The lowest BCUT2D eigenvalue weighted by Gasteiger charge is -2.10. The van der Waals surface area contributed by atoms with Crippen molar-refractivity contribution in [2.75, 3.05) is 32.6 Å². The van der Waals surface area contributed by atoms with Crippen molar-refractivity contribution in [3.05, 3.63) is 46.8 Å². The van der Waals surface area contributed by atoms with Crippen molar-refractivity contribution in [3.63, 3.8) is 0 Å². The zero-order chi connectivity index (χ0) is 24.6. The van der Waals surface area contributed by atoms with E-state index in [2.05, 4.69) is 5.32 Å². The van der Waals surface area contributed by atoms with Gasteiger partial charge in [-0.05, 0) is 62.8 Å². The summed E-state index contributed by atoms with van der Waals surface area (Å²) in [4.78, 5) is 25.2. The van der Waals surface area contributed by atoms with E-state index in [1.165, 1.54) is 24.3 Å². The molecule has 0 unspecified atom stereocenters. The number of aryl methyl sites for hydroxylation is 2. The van der Waals surface area contributed by atoms with Crippen LogP contribution in [-0.4, -0.2) is 62.7 Å². The number of aromatic nitrogens is 2. The van der Waals surface area contributed by atoms with E-state index in [1.807, 2.05) is 11.6 Å². The predicted octanol–water partition coefficient (Wildman–Crippen LogP) is 2.57. The van der Waals surface area contributed by atoms with Gasteiger partial charge in [-0.25, -0.2) is 13.2 Å². The van der Waals surface area contributed by atoms with Crippen LogP contribution in [0.2, 0.25) is 0 Å². The molecule has 1 aliphatic rings. The Balaban J connectivity index is 1.56. The fourth-order valence-electron chi connectivity index (χ4n) is 3.86. The van der Waals surface area contributed by atoms with Crippen molar-refractivity contribution < 1.29 is 27.5 Å². The highest BCUT2D eigenvalue weighted by molar-refractivity contribution is 7.90. The molecule has 0 aliphatic carbocycles. The average Bonchev–Trinajstić information content (AvgIpc) is 3.15. The van der Waals surface area contributed by atoms with E-state index in [9.17, 15) is 18.0 Å². The summed E-state index contributed by atoms with van der Waals surface area (Å²) in [6, 6.07) is 5.70. The van der Waals surface area contributed by atoms with Gasteiger partial charge in [-0.15, -0.1) is 0 Å². The highest BCUT2D eigenvalue weighted by atomic mass is 32.2. The molecule has 1 aromatic heterocycles. The Bertz CT molecular complexity index is 1090. The third-order valence-electron chi connectivity index (χ3n) is 5.66. The highest BCUT2D eigenvalue weighted by Gasteiger charge is 2.22. The number of nitrogens with zero attached hydrogens (tertiary/aromatic N) is 2. The number of rotatable bonds is 8. The van der Waals surface area contributed by atoms with Crippen LogP contribution in [0.25, 0.3) is 0 Å². The van der Waals surface area contributed by atoms with Gasteiger partial charge in [-0.2, -0.15) is 5.10 Å². The van der Waals surface area contributed by atoms with Gasteiger partial charge in [0.15, 0.2) is 9.84 Å². The minimum absolute atomic E-state index is 0.0733. The van der Waals surface area contributed by atoms with Crippen LogP contribution in [0, 0.1) is 0 Å². The van der Waals surface area contributed by atoms with Crippen molar-refractivity contribution in [3.8, 4) is 0 Å². The van der Waals surface area contributed by atoms with Crippen LogP contribution < -0.4 is 5.32 Å². The van der Waals surface area contributed by atoms with Crippen LogP contribution in [0.1, 0.15) is 64.7 Å². The Kier molecular flexibility index (Phi) is 9.23. The second-order valence-corrected chi connectivity index (χ2v) is 10.3. The number of hydrogen-bond donors (Lipinski definition) is 1. The predicted molar refractivity (Wildman–Crippen MR) is 127 cm³/mol. The quantitative estimate of drug-likeness (QED) is 0.446. The Morgan fingerprint density at radius 3 is 2.62 bits per heavy atom. The SMILES string of the molecule is CCc1nn(CCCCOC(=O)c2ccc(S(C)(=O)=O)cc2)c2c1C(=O)NCCCOCCC2. The fraction of sp³-hybridized carbons (Fsp3) is 0.542. The number of ether oxygens (including phenoxy) is 2. The van der Waals surface area contributed by atoms with Crippen molar-refractivity contribution in [1.82, 2.24) is 15.1 Å². The number of fused-ring (bicyclic) bond motifs is 1. The summed E-state index contributed by atoms with van der Waals surface area (Å²) in [5, 5.41) is 7.67. The molecule has 0 atom stereocenters. The first-order valence-electron chi connectivity index (χ1n) is 11.7. The number of benzene rings is 1. The monoisotopic (exact) mass is 491 g/mol. The zero-order valence-corrected chi connectivity index (χ0v) is 20.7. The summed E-state index contributed by atoms with van der Waals surface area (Å²) < 4.78 is 35.9. The molecule has 34 heavy (non-hydrogen) atoms. The van der Waals surface area contributed by atoms with E-state index >= 15 is 0 Å². The van der Waals surface area contributed by atoms with Gasteiger partial charge in [-0.3, -0.25) is 9.48 Å². The van der Waals surface area contributed by atoms with Gasteiger partial charge in [-0.1, -0.05) is 6.92 Å². The largest absolute Gasteiger partial charge is 0.462 e. The maximum absolute atomic E-state index is 12.8. The standard InChI is InChI=1S/C24H33N3O6S/c1-3-20-22-21(8-6-15-32-16-7-13-25-23(22)28)27(26-20)14-4-5-17-33-24(29)18-9-11-19(12-10-18)34(2,30)31/h9-12H,3-8,13-17H2,1-2H3,(H,25,28). The van der Waals surface area contributed by atoms with Crippen LogP contribution in [0.5, 0.6) is 0 Å². The Morgan fingerprint density at radius 1 is 1.18 bits per heavy atom. The van der Waals surface area contributed by atoms with E-state index in [1.54, 1.807) is 0 Å². The molecule has 9 nitrogen and oxygen atoms in total. The van der Waals surface area contributed by atoms with Gasteiger partial charge in [0, 0.05) is 32.6 Å². The first kappa shape index (κ1) is 25.9. The van der Waals surface area contributed by atoms with E-state index in [-0.39, 0.29) is 17.4 Å². The molecule has 0 radical (unpaired) electrons. The molecule has 0 saturated heterocycles. The second kappa shape index (κ2) is 12.1. The normalized spacial score (nSPS) is 15.2. The molecule has 0 fully saturated rings. The molecular weight excluding hydrogens is 458 g/mol. The lowest BCUT2D eigenvalue weighted by molar-refractivity contribution is 0.0496. The molecule has 0 spiro atoms. The summed E-state index contributed by atoms with van der Waals surface area (Å²) in [7, 11) is -3.31. The lowest BCUT2D eigenvalue weighted by atomic mass is 10.1. The molecule has 0 saturated carbocycles. The van der Waals surface area contributed by atoms with Crippen molar-refractivity contribution in [1.29, 1.82) is 0 Å². The molecular formula is C24H33N3O6S. The average molecular weight is 492 g/mol. The summed E-state index contributed by atoms with van der Waals surface area (Å²) in [6.45, 7) is 4.73. The zero-order valence-electron chi connectivity index (χ0n) is 19.8. The Hall–Kier alpha value is -2.72. The third kappa shape index (κ3) is 6.89. The van der Waals surface area contributed by atoms with Crippen LogP contribution in [0.15, 0.2) is 29.2 Å². The number of hydrogen-bond acceptors (Lipinski definition) is 7. The topological polar surface area (TPSA) is 117 Å². The molecule has 186 valence electrons. The van der Waals surface area contributed by atoms with Crippen molar-refractivity contribution >= 4 is 21.7 Å². The Labute approximate surface area is 200 Å². The van der Waals surface area contributed by atoms with Gasteiger partial charge in [0.05, 0.1) is 34.0 Å². The molecule has 1 amide bonds. The number of carbonyl (C=O) groups excluding carboxylic acids is 2. The fourth-order valence-corrected chi connectivity index (χ4v) is 4.49. The van der Waals surface area contributed by atoms with E-state index in [0.29, 0.717) is 56.7 Å². The first-order chi connectivity index (χ1) is 16.3. The number of nitrogens with one attached hydrogen (secondary N) is 1. The van der Waals surface area contributed by atoms with Crippen LogP contribution in [0.3, 0.4) is 0 Å². The highest BCUT2D eigenvalue weighted by Crippen LogP contribution is 2.19. The third-order valence-corrected chi connectivity index (χ3v) is 6.79. The summed E-state index contributed by atoms with van der Waals surface area (Å²) >= 11 is 0. The number of carbonyl (C=O) groups is 2.